The van der Waals surface area contributed by atoms with Crippen molar-refractivity contribution in [2.45, 2.75) is 17.9 Å². The van der Waals surface area contributed by atoms with Crippen LogP contribution in [0.5, 0.6) is 0 Å². The van der Waals surface area contributed by atoms with E-state index in [2.05, 4.69) is 5.32 Å². The second kappa shape index (κ2) is 8.68. The number of piperazine rings is 1. The first-order valence-electron chi connectivity index (χ1n) is 9.24. The van der Waals surface area contributed by atoms with Crippen LogP contribution in [0.25, 0.3) is 0 Å². The molecule has 1 saturated heterocycles. The highest BCUT2D eigenvalue weighted by molar-refractivity contribution is 7.89. The van der Waals surface area contributed by atoms with E-state index in [9.17, 15) is 23.3 Å². The molecular weight excluding hydrogens is 396 g/mol. The van der Waals surface area contributed by atoms with E-state index < -0.39 is 21.0 Å². The predicted octanol–water partition coefficient (Wildman–Crippen LogP) is 0.511. The number of amides is 1. The van der Waals surface area contributed by atoms with Crippen molar-refractivity contribution >= 4 is 27.3 Å². The molecule has 0 spiro atoms. The van der Waals surface area contributed by atoms with Crippen molar-refractivity contribution in [2.24, 2.45) is 0 Å². The SMILES string of the molecule is C[C@H](C(=O)Nc1cccc([N+](=O)[O-])c1)[NH+]1CCN(S(=O)(=O)c2ccccc2)CC1. The third-order valence-corrected chi connectivity index (χ3v) is 6.99. The van der Waals surface area contributed by atoms with Gasteiger partial charge in [-0.1, -0.05) is 24.3 Å². The van der Waals surface area contributed by atoms with E-state index in [1.165, 1.54) is 22.5 Å². The molecule has 0 saturated carbocycles. The molecule has 0 radical (unpaired) electrons. The molecule has 0 bridgehead atoms. The first kappa shape index (κ1) is 20.9. The van der Waals surface area contributed by atoms with Crippen LogP contribution in [-0.4, -0.2) is 55.8 Å². The van der Waals surface area contributed by atoms with Gasteiger partial charge in [0.25, 0.3) is 11.6 Å². The Morgan fingerprint density at radius 3 is 2.41 bits per heavy atom. The number of carbonyl (C=O) groups is 1. The minimum atomic E-state index is -3.54. The van der Waals surface area contributed by atoms with Crippen molar-refractivity contribution in [2.75, 3.05) is 31.5 Å². The number of nitrogens with one attached hydrogen (secondary N) is 2. The summed E-state index contributed by atoms with van der Waals surface area (Å²) in [6, 6.07) is 13.6. The highest BCUT2D eigenvalue weighted by atomic mass is 32.2. The van der Waals surface area contributed by atoms with Gasteiger partial charge in [0.1, 0.15) is 0 Å². The summed E-state index contributed by atoms with van der Waals surface area (Å²) < 4.78 is 26.9. The van der Waals surface area contributed by atoms with Gasteiger partial charge in [-0.3, -0.25) is 14.9 Å². The van der Waals surface area contributed by atoms with Crippen LogP contribution in [0.2, 0.25) is 0 Å². The summed E-state index contributed by atoms with van der Waals surface area (Å²) in [6.45, 7) is 3.40. The number of hydrogen-bond acceptors (Lipinski definition) is 5. The van der Waals surface area contributed by atoms with Gasteiger partial charge in [0.15, 0.2) is 6.04 Å². The quantitative estimate of drug-likeness (QED) is 0.523. The summed E-state index contributed by atoms with van der Waals surface area (Å²) in [6.07, 6.45) is 0. The van der Waals surface area contributed by atoms with E-state index in [0.717, 1.165) is 4.90 Å². The van der Waals surface area contributed by atoms with Crippen LogP contribution >= 0.6 is 0 Å². The van der Waals surface area contributed by atoms with E-state index in [0.29, 0.717) is 31.9 Å². The van der Waals surface area contributed by atoms with Gasteiger partial charge in [0.05, 0.1) is 36.0 Å². The standard InChI is InChI=1S/C19H22N4O5S/c1-15(19(24)20-16-6-5-7-17(14-16)23(25)26)21-10-12-22(13-11-21)29(27,28)18-8-3-2-4-9-18/h2-9,14-15H,10-13H2,1H3,(H,20,24)/p+1/t15-/m1/s1. The number of benzene rings is 2. The fraction of sp³-hybridized carbons (Fsp3) is 0.316. The van der Waals surface area contributed by atoms with Crippen molar-refractivity contribution in [3.8, 4) is 0 Å². The molecule has 154 valence electrons. The zero-order valence-corrected chi connectivity index (χ0v) is 16.8. The number of anilines is 1. The Morgan fingerprint density at radius 1 is 1.14 bits per heavy atom. The van der Waals surface area contributed by atoms with Gasteiger partial charge in [0.2, 0.25) is 10.0 Å². The fourth-order valence-electron chi connectivity index (χ4n) is 3.32. The van der Waals surface area contributed by atoms with Gasteiger partial charge in [-0.15, -0.1) is 0 Å². The molecular formula is C19H23N4O5S+. The normalized spacial score (nSPS) is 16.9. The average molecular weight is 419 g/mol. The molecule has 29 heavy (non-hydrogen) atoms. The van der Waals surface area contributed by atoms with E-state index in [1.807, 2.05) is 0 Å². The van der Waals surface area contributed by atoms with Crippen LogP contribution in [0, 0.1) is 10.1 Å². The van der Waals surface area contributed by atoms with Crippen LogP contribution in [0.4, 0.5) is 11.4 Å². The Kier molecular flexibility index (Phi) is 6.26. The van der Waals surface area contributed by atoms with Gasteiger partial charge in [-0.25, -0.2) is 8.42 Å². The van der Waals surface area contributed by atoms with E-state index in [-0.39, 0.29) is 16.5 Å². The van der Waals surface area contributed by atoms with Crippen LogP contribution < -0.4 is 10.2 Å². The number of quaternary nitrogens is 1. The lowest BCUT2D eigenvalue weighted by atomic mass is 10.2. The minimum Gasteiger partial charge on any atom is -0.323 e. The number of nitro benzene ring substituents is 1. The number of carbonyl (C=O) groups excluding carboxylic acids is 1. The Hall–Kier alpha value is -2.82. The number of hydrogen-bond donors (Lipinski definition) is 2. The summed E-state index contributed by atoms with van der Waals surface area (Å²) in [5.74, 6) is -0.264. The molecule has 2 aromatic carbocycles. The first-order valence-corrected chi connectivity index (χ1v) is 10.7. The Morgan fingerprint density at radius 2 is 1.79 bits per heavy atom. The van der Waals surface area contributed by atoms with Crippen molar-refractivity contribution in [3.63, 3.8) is 0 Å². The summed E-state index contributed by atoms with van der Waals surface area (Å²) in [4.78, 5) is 24.1. The molecule has 0 aliphatic carbocycles. The summed E-state index contributed by atoms with van der Waals surface area (Å²) >= 11 is 0. The highest BCUT2D eigenvalue weighted by Gasteiger charge is 2.34. The van der Waals surface area contributed by atoms with Crippen LogP contribution in [0.1, 0.15) is 6.92 Å². The molecule has 9 nitrogen and oxygen atoms in total. The Balaban J connectivity index is 1.60. The van der Waals surface area contributed by atoms with Crippen LogP contribution in [-0.2, 0) is 14.8 Å². The van der Waals surface area contributed by atoms with Crippen molar-refractivity contribution in [1.82, 2.24) is 4.31 Å². The molecule has 2 aromatic rings. The number of nitrogens with zero attached hydrogens (tertiary/aromatic N) is 2. The van der Waals surface area contributed by atoms with Crippen molar-refractivity contribution in [3.05, 3.63) is 64.7 Å². The van der Waals surface area contributed by atoms with Crippen molar-refractivity contribution in [1.29, 1.82) is 0 Å². The molecule has 1 atom stereocenters. The van der Waals surface area contributed by atoms with Crippen LogP contribution in [0.15, 0.2) is 59.5 Å². The van der Waals surface area contributed by atoms with Gasteiger partial charge in [0, 0.05) is 17.8 Å². The van der Waals surface area contributed by atoms with Gasteiger partial charge >= 0.3 is 0 Å². The van der Waals surface area contributed by atoms with Gasteiger partial charge in [-0.05, 0) is 25.1 Å². The van der Waals surface area contributed by atoms with E-state index in [4.69, 9.17) is 0 Å². The lowest BCUT2D eigenvalue weighted by Gasteiger charge is -2.34. The third kappa shape index (κ3) is 4.78. The molecule has 0 aromatic heterocycles. The minimum absolute atomic E-state index is 0.0949. The maximum absolute atomic E-state index is 12.7. The molecule has 2 N–H and O–H groups in total. The lowest BCUT2D eigenvalue weighted by molar-refractivity contribution is -0.917. The largest absolute Gasteiger partial charge is 0.323 e. The summed E-state index contributed by atoms with van der Waals surface area (Å²) in [5.41, 5.74) is 0.267. The monoisotopic (exact) mass is 419 g/mol. The van der Waals surface area contributed by atoms with Crippen LogP contribution in [0.3, 0.4) is 0 Å². The van der Waals surface area contributed by atoms with E-state index in [1.54, 1.807) is 43.3 Å². The smallest absolute Gasteiger partial charge is 0.282 e. The predicted molar refractivity (Wildman–Crippen MR) is 107 cm³/mol. The number of rotatable bonds is 6. The zero-order valence-electron chi connectivity index (χ0n) is 15.9. The lowest BCUT2D eigenvalue weighted by Crippen LogP contribution is -3.19. The van der Waals surface area contributed by atoms with Gasteiger partial charge in [-0.2, -0.15) is 4.31 Å². The summed E-state index contributed by atoms with van der Waals surface area (Å²) in [5, 5.41) is 13.6. The molecule has 1 amide bonds. The highest BCUT2D eigenvalue weighted by Crippen LogP contribution is 2.17. The fourth-order valence-corrected chi connectivity index (χ4v) is 4.78. The molecule has 1 aliphatic rings. The molecule has 0 unspecified atom stereocenters. The summed E-state index contributed by atoms with van der Waals surface area (Å²) in [7, 11) is -3.54. The van der Waals surface area contributed by atoms with Crippen molar-refractivity contribution < 1.29 is 23.0 Å². The third-order valence-electron chi connectivity index (χ3n) is 5.08. The second-order valence-electron chi connectivity index (χ2n) is 6.89. The maximum Gasteiger partial charge on any atom is 0.282 e. The molecule has 10 heteroatoms. The number of nitro groups is 1. The molecule has 3 rings (SSSR count). The number of non-ortho nitro benzene ring substituents is 1. The first-order chi connectivity index (χ1) is 13.8. The molecule has 1 aliphatic heterocycles. The molecule has 1 heterocycles. The Bertz CT molecular complexity index is 989. The van der Waals surface area contributed by atoms with E-state index >= 15 is 0 Å². The Labute approximate surface area is 169 Å². The second-order valence-corrected chi connectivity index (χ2v) is 8.83. The molecule has 1 fully saturated rings. The van der Waals surface area contributed by atoms with Gasteiger partial charge < -0.3 is 10.2 Å². The average Bonchev–Trinajstić information content (AvgIpc) is 2.74. The topological polar surface area (TPSA) is 114 Å². The maximum atomic E-state index is 12.7. The number of sulfonamides is 1. The zero-order chi connectivity index (χ0) is 21.0.